The summed E-state index contributed by atoms with van der Waals surface area (Å²) in [6.07, 6.45) is 8.78. The van der Waals surface area contributed by atoms with Crippen LogP contribution < -0.4 is 10.2 Å². The Kier molecular flexibility index (Phi) is 6.64. The minimum absolute atomic E-state index is 0.00823. The van der Waals surface area contributed by atoms with E-state index in [4.69, 9.17) is 0 Å². The van der Waals surface area contributed by atoms with Gasteiger partial charge in [0.25, 0.3) is 0 Å². The number of carbonyl (C=O) groups excluding carboxylic acids is 1. The fourth-order valence-electron chi connectivity index (χ4n) is 3.78. The van der Waals surface area contributed by atoms with E-state index in [0.717, 1.165) is 56.9 Å². The Balaban J connectivity index is 1.50. The number of hydrogen-bond donors (Lipinski definition) is 2. The van der Waals surface area contributed by atoms with Crippen LogP contribution in [0, 0.1) is 5.92 Å². The molecule has 1 aromatic heterocycles. The number of nitrogens with one attached hydrogen (secondary N) is 1. The fourth-order valence-corrected chi connectivity index (χ4v) is 3.78. The molecule has 138 valence electrons. The number of rotatable bonds is 5. The number of piperidine rings is 1. The van der Waals surface area contributed by atoms with Gasteiger partial charge in [-0.2, -0.15) is 0 Å². The van der Waals surface area contributed by atoms with Crippen molar-refractivity contribution >= 4 is 17.4 Å². The van der Waals surface area contributed by atoms with Crippen molar-refractivity contribution in [2.24, 2.45) is 5.92 Å². The van der Waals surface area contributed by atoms with Crippen molar-refractivity contribution in [3.8, 4) is 0 Å². The molecule has 0 saturated carbocycles. The van der Waals surface area contributed by atoms with Crippen molar-refractivity contribution in [1.82, 2.24) is 9.88 Å². The van der Waals surface area contributed by atoms with Crippen LogP contribution in [-0.4, -0.2) is 60.2 Å². The first kappa shape index (κ1) is 18.1. The third-order valence-electron chi connectivity index (χ3n) is 5.19. The normalized spacial score (nSPS) is 22.4. The molecule has 2 fully saturated rings. The highest BCUT2D eigenvalue weighted by Gasteiger charge is 2.19. The Morgan fingerprint density at radius 3 is 2.68 bits per heavy atom. The molecule has 1 aromatic rings. The molecule has 1 amide bonds. The van der Waals surface area contributed by atoms with Gasteiger partial charge in [-0.3, -0.25) is 9.69 Å². The van der Waals surface area contributed by atoms with E-state index in [-0.39, 0.29) is 12.5 Å². The predicted molar refractivity (Wildman–Crippen MR) is 99.8 cm³/mol. The average molecular weight is 346 g/mol. The summed E-state index contributed by atoms with van der Waals surface area (Å²) in [5.74, 6) is 1.28. The second-order valence-electron chi connectivity index (χ2n) is 7.28. The van der Waals surface area contributed by atoms with Gasteiger partial charge in [-0.15, -0.1) is 0 Å². The fraction of sp³-hybridized carbons (Fsp3) is 0.684. The Morgan fingerprint density at radius 2 is 1.96 bits per heavy atom. The number of aliphatic hydroxyl groups excluding tert-OH is 1. The van der Waals surface area contributed by atoms with E-state index in [1.807, 2.05) is 12.1 Å². The van der Waals surface area contributed by atoms with Crippen LogP contribution in [0.1, 0.15) is 38.5 Å². The van der Waals surface area contributed by atoms with Crippen LogP contribution in [0.3, 0.4) is 0 Å². The topological polar surface area (TPSA) is 68.7 Å². The molecule has 3 rings (SSSR count). The van der Waals surface area contributed by atoms with Gasteiger partial charge in [-0.1, -0.05) is 6.42 Å². The zero-order chi connectivity index (χ0) is 17.5. The Hall–Kier alpha value is -1.66. The van der Waals surface area contributed by atoms with Crippen LogP contribution in [0.25, 0.3) is 0 Å². The van der Waals surface area contributed by atoms with Gasteiger partial charge in [0.05, 0.1) is 18.4 Å². The minimum atomic E-state index is -0.00823. The van der Waals surface area contributed by atoms with Crippen LogP contribution in [0.2, 0.25) is 0 Å². The molecular weight excluding hydrogens is 316 g/mol. The second-order valence-corrected chi connectivity index (χ2v) is 7.28. The van der Waals surface area contributed by atoms with Gasteiger partial charge in [0, 0.05) is 26.2 Å². The molecule has 1 unspecified atom stereocenters. The molecule has 6 heteroatoms. The second kappa shape index (κ2) is 9.15. The maximum absolute atomic E-state index is 12.3. The predicted octanol–water partition coefficient (Wildman–Crippen LogP) is 2.10. The number of amides is 1. The van der Waals surface area contributed by atoms with Crippen LogP contribution in [0.4, 0.5) is 11.5 Å². The molecule has 0 aromatic carbocycles. The van der Waals surface area contributed by atoms with Crippen molar-refractivity contribution in [3.63, 3.8) is 0 Å². The molecule has 0 radical (unpaired) electrons. The van der Waals surface area contributed by atoms with E-state index in [1.54, 1.807) is 6.20 Å². The number of hydrogen-bond acceptors (Lipinski definition) is 5. The van der Waals surface area contributed by atoms with E-state index in [0.29, 0.717) is 12.5 Å². The molecule has 25 heavy (non-hydrogen) atoms. The molecule has 1 atom stereocenters. The van der Waals surface area contributed by atoms with Gasteiger partial charge in [0.1, 0.15) is 5.82 Å². The molecule has 3 heterocycles. The van der Waals surface area contributed by atoms with Gasteiger partial charge in [0.2, 0.25) is 5.91 Å². The summed E-state index contributed by atoms with van der Waals surface area (Å²) in [5.41, 5.74) is 0.749. The first-order valence-electron chi connectivity index (χ1n) is 9.58. The first-order valence-corrected chi connectivity index (χ1v) is 9.58. The molecule has 2 aliphatic heterocycles. The average Bonchev–Trinajstić information content (AvgIpc) is 2.88. The summed E-state index contributed by atoms with van der Waals surface area (Å²) in [7, 11) is 0. The van der Waals surface area contributed by atoms with Crippen molar-refractivity contribution in [2.45, 2.75) is 38.5 Å². The van der Waals surface area contributed by atoms with Crippen molar-refractivity contribution in [2.75, 3.05) is 49.5 Å². The number of nitrogens with zero attached hydrogens (tertiary/aromatic N) is 3. The van der Waals surface area contributed by atoms with E-state index < -0.39 is 0 Å². The lowest BCUT2D eigenvalue weighted by atomic mass is 10.1. The molecule has 2 N–H and O–H groups in total. The maximum Gasteiger partial charge on any atom is 0.238 e. The number of aromatic nitrogens is 1. The van der Waals surface area contributed by atoms with Gasteiger partial charge in [-0.05, 0) is 56.7 Å². The van der Waals surface area contributed by atoms with Crippen molar-refractivity contribution in [3.05, 3.63) is 18.3 Å². The standard InChI is InChI=1S/C19H30N4O2/c24-15-16-6-2-5-9-22(13-16)14-19(25)21-17-7-8-18(20-12-17)23-10-3-1-4-11-23/h7-8,12,16,24H,1-6,9-11,13-15H2,(H,21,25). The van der Waals surface area contributed by atoms with E-state index in [1.165, 1.54) is 19.3 Å². The zero-order valence-corrected chi connectivity index (χ0v) is 15.0. The maximum atomic E-state index is 12.3. The highest BCUT2D eigenvalue weighted by Crippen LogP contribution is 2.19. The number of pyridine rings is 1. The Labute approximate surface area is 150 Å². The summed E-state index contributed by atoms with van der Waals surface area (Å²) < 4.78 is 0. The Morgan fingerprint density at radius 1 is 1.16 bits per heavy atom. The Bertz CT molecular complexity index is 543. The van der Waals surface area contributed by atoms with Crippen molar-refractivity contribution < 1.29 is 9.90 Å². The molecular formula is C19H30N4O2. The van der Waals surface area contributed by atoms with Crippen LogP contribution in [0.5, 0.6) is 0 Å². The van der Waals surface area contributed by atoms with Crippen LogP contribution in [0.15, 0.2) is 18.3 Å². The number of anilines is 2. The zero-order valence-electron chi connectivity index (χ0n) is 15.0. The number of aliphatic hydroxyl groups is 1. The minimum Gasteiger partial charge on any atom is -0.396 e. The smallest absolute Gasteiger partial charge is 0.238 e. The molecule has 0 spiro atoms. The third kappa shape index (κ3) is 5.41. The largest absolute Gasteiger partial charge is 0.396 e. The van der Waals surface area contributed by atoms with Gasteiger partial charge in [-0.25, -0.2) is 4.98 Å². The number of carbonyl (C=O) groups is 1. The summed E-state index contributed by atoms with van der Waals surface area (Å²) in [4.78, 5) is 21.3. The number of likely N-dealkylation sites (tertiary alicyclic amines) is 1. The third-order valence-corrected chi connectivity index (χ3v) is 5.19. The molecule has 0 aliphatic carbocycles. The molecule has 2 saturated heterocycles. The summed E-state index contributed by atoms with van der Waals surface area (Å²) in [6.45, 7) is 4.45. The van der Waals surface area contributed by atoms with Crippen LogP contribution in [-0.2, 0) is 4.79 Å². The highest BCUT2D eigenvalue weighted by atomic mass is 16.3. The van der Waals surface area contributed by atoms with E-state index >= 15 is 0 Å². The quantitative estimate of drug-likeness (QED) is 0.855. The van der Waals surface area contributed by atoms with E-state index in [9.17, 15) is 9.90 Å². The summed E-state index contributed by atoms with van der Waals surface area (Å²) in [6, 6.07) is 3.93. The monoisotopic (exact) mass is 346 g/mol. The van der Waals surface area contributed by atoms with Crippen LogP contribution >= 0.6 is 0 Å². The lowest BCUT2D eigenvalue weighted by Gasteiger charge is -2.27. The molecule has 2 aliphatic rings. The van der Waals surface area contributed by atoms with Gasteiger partial charge in [0.15, 0.2) is 0 Å². The lowest BCUT2D eigenvalue weighted by molar-refractivity contribution is -0.117. The summed E-state index contributed by atoms with van der Waals surface area (Å²) in [5, 5.41) is 12.3. The molecule has 6 nitrogen and oxygen atoms in total. The first-order chi connectivity index (χ1) is 12.2. The van der Waals surface area contributed by atoms with Crippen molar-refractivity contribution in [1.29, 1.82) is 0 Å². The lowest BCUT2D eigenvalue weighted by Crippen LogP contribution is -2.36. The highest BCUT2D eigenvalue weighted by molar-refractivity contribution is 5.92. The van der Waals surface area contributed by atoms with Gasteiger partial charge >= 0.3 is 0 Å². The van der Waals surface area contributed by atoms with Gasteiger partial charge < -0.3 is 15.3 Å². The SMILES string of the molecule is O=C(CN1CCCCC(CO)C1)Nc1ccc(N2CCCCC2)nc1. The molecule has 0 bridgehead atoms. The summed E-state index contributed by atoms with van der Waals surface area (Å²) >= 11 is 0. The van der Waals surface area contributed by atoms with E-state index in [2.05, 4.69) is 20.1 Å².